The molecule has 0 fully saturated rings. The van der Waals surface area contributed by atoms with Crippen molar-refractivity contribution >= 4 is 15.9 Å². The number of nitrogens with one attached hydrogen (secondary N) is 2. The van der Waals surface area contributed by atoms with Gasteiger partial charge in [-0.15, -0.1) is 0 Å². The lowest BCUT2D eigenvalue weighted by Gasteiger charge is -2.10. The summed E-state index contributed by atoms with van der Waals surface area (Å²) in [5.41, 5.74) is 2.96. The first-order chi connectivity index (χ1) is 13.5. The topological polar surface area (TPSA) is 88.2 Å². The molecule has 1 amide bonds. The second-order valence-electron chi connectivity index (χ2n) is 6.33. The van der Waals surface area contributed by atoms with Crippen molar-refractivity contribution in [3.8, 4) is 0 Å². The number of aromatic nitrogens is 1. The fourth-order valence-electron chi connectivity index (χ4n) is 2.67. The van der Waals surface area contributed by atoms with E-state index in [1.54, 1.807) is 49.5 Å². The summed E-state index contributed by atoms with van der Waals surface area (Å²) >= 11 is 0. The number of nitrogens with zero attached hydrogens (tertiary/aromatic N) is 1. The number of hydrogen-bond acceptors (Lipinski definition) is 4. The molecular weight excluding hydrogens is 374 g/mol. The highest BCUT2D eigenvalue weighted by molar-refractivity contribution is 7.89. The molecule has 0 aliphatic carbocycles. The molecule has 1 aromatic heterocycles. The monoisotopic (exact) mass is 395 g/mol. The van der Waals surface area contributed by atoms with E-state index in [9.17, 15) is 13.2 Å². The van der Waals surface area contributed by atoms with E-state index >= 15 is 0 Å². The summed E-state index contributed by atoms with van der Waals surface area (Å²) in [5.74, 6) is -0.192. The fourth-order valence-corrected chi connectivity index (χ4v) is 3.93. The molecule has 0 unspecified atom stereocenters. The summed E-state index contributed by atoms with van der Waals surface area (Å²) in [6, 6.07) is 17.7. The number of carbonyl (C=O) groups excluding carboxylic acids is 1. The van der Waals surface area contributed by atoms with Crippen molar-refractivity contribution in [3.63, 3.8) is 0 Å². The van der Waals surface area contributed by atoms with Crippen molar-refractivity contribution in [2.75, 3.05) is 0 Å². The maximum absolute atomic E-state index is 12.4. The summed E-state index contributed by atoms with van der Waals surface area (Å²) in [7, 11) is -3.56. The van der Waals surface area contributed by atoms with E-state index in [4.69, 9.17) is 0 Å². The molecule has 0 spiro atoms. The number of hydrogen-bond donors (Lipinski definition) is 2. The molecule has 7 heteroatoms. The summed E-state index contributed by atoms with van der Waals surface area (Å²) in [5, 5.41) is 2.83. The van der Waals surface area contributed by atoms with Crippen LogP contribution in [-0.2, 0) is 23.1 Å². The van der Waals surface area contributed by atoms with Crippen LogP contribution in [-0.4, -0.2) is 19.3 Å². The standard InChI is InChI=1S/C21H21N3O3S/c1-16-5-2-3-7-20(16)28(26,27)24-14-18-10-8-17(9-11-18)13-23-21(25)19-6-4-12-22-15-19/h2-12,15,24H,13-14H2,1H3,(H,23,25). The molecule has 0 bridgehead atoms. The third kappa shape index (κ3) is 5.03. The summed E-state index contributed by atoms with van der Waals surface area (Å²) < 4.78 is 27.5. The Hall–Kier alpha value is -3.03. The quantitative estimate of drug-likeness (QED) is 0.644. The number of rotatable bonds is 7. The Labute approximate surface area is 164 Å². The lowest BCUT2D eigenvalue weighted by Crippen LogP contribution is -2.24. The van der Waals surface area contributed by atoms with Crippen LogP contribution in [0.3, 0.4) is 0 Å². The van der Waals surface area contributed by atoms with Gasteiger partial charge in [-0.1, -0.05) is 42.5 Å². The molecule has 2 N–H and O–H groups in total. The second-order valence-corrected chi connectivity index (χ2v) is 8.07. The van der Waals surface area contributed by atoms with Crippen LogP contribution in [0.2, 0.25) is 0 Å². The van der Waals surface area contributed by atoms with Gasteiger partial charge in [0.2, 0.25) is 10.0 Å². The Morgan fingerprint density at radius 3 is 2.25 bits per heavy atom. The van der Waals surface area contributed by atoms with E-state index in [0.717, 1.165) is 11.1 Å². The number of aryl methyl sites for hydroxylation is 1. The molecule has 1 heterocycles. The van der Waals surface area contributed by atoms with Crippen molar-refractivity contribution < 1.29 is 13.2 Å². The van der Waals surface area contributed by atoms with Crippen LogP contribution in [0.25, 0.3) is 0 Å². The van der Waals surface area contributed by atoms with E-state index in [1.165, 1.54) is 6.20 Å². The average Bonchev–Trinajstić information content (AvgIpc) is 2.72. The number of benzene rings is 2. The van der Waals surface area contributed by atoms with Crippen molar-refractivity contribution in [2.24, 2.45) is 0 Å². The van der Waals surface area contributed by atoms with Gasteiger partial charge in [0.05, 0.1) is 10.5 Å². The van der Waals surface area contributed by atoms with Crippen molar-refractivity contribution in [2.45, 2.75) is 24.9 Å². The molecule has 0 aliphatic heterocycles. The summed E-state index contributed by atoms with van der Waals surface area (Å²) in [6.07, 6.45) is 3.13. The van der Waals surface area contributed by atoms with Crippen LogP contribution >= 0.6 is 0 Å². The molecule has 144 valence electrons. The van der Waals surface area contributed by atoms with Gasteiger partial charge in [0.1, 0.15) is 0 Å². The van der Waals surface area contributed by atoms with Gasteiger partial charge in [-0.3, -0.25) is 9.78 Å². The summed E-state index contributed by atoms with van der Waals surface area (Å²) in [6.45, 7) is 2.34. The summed E-state index contributed by atoms with van der Waals surface area (Å²) in [4.78, 5) is 16.2. The average molecular weight is 395 g/mol. The Morgan fingerprint density at radius 2 is 1.61 bits per heavy atom. The van der Waals surface area contributed by atoms with Crippen LogP contribution in [0, 0.1) is 6.92 Å². The van der Waals surface area contributed by atoms with Gasteiger partial charge in [-0.05, 0) is 41.8 Å². The molecule has 3 rings (SSSR count). The lowest BCUT2D eigenvalue weighted by atomic mass is 10.1. The highest BCUT2D eigenvalue weighted by atomic mass is 32.2. The molecule has 6 nitrogen and oxygen atoms in total. The molecule has 28 heavy (non-hydrogen) atoms. The van der Waals surface area contributed by atoms with Crippen LogP contribution in [0.5, 0.6) is 0 Å². The molecule has 2 aromatic carbocycles. The normalized spacial score (nSPS) is 11.2. The highest BCUT2D eigenvalue weighted by Gasteiger charge is 2.15. The van der Waals surface area contributed by atoms with E-state index < -0.39 is 10.0 Å². The van der Waals surface area contributed by atoms with E-state index in [-0.39, 0.29) is 17.3 Å². The van der Waals surface area contributed by atoms with E-state index in [1.807, 2.05) is 24.3 Å². The zero-order valence-electron chi connectivity index (χ0n) is 15.4. The minimum Gasteiger partial charge on any atom is -0.348 e. The Kier molecular flexibility index (Phi) is 6.18. The van der Waals surface area contributed by atoms with Gasteiger partial charge < -0.3 is 5.32 Å². The Balaban J connectivity index is 1.56. The maximum atomic E-state index is 12.4. The molecule has 0 saturated heterocycles. The van der Waals surface area contributed by atoms with Gasteiger partial charge in [0.25, 0.3) is 5.91 Å². The predicted molar refractivity (Wildman–Crippen MR) is 107 cm³/mol. The number of pyridine rings is 1. The second kappa shape index (κ2) is 8.77. The first kappa shape index (κ1) is 19.7. The molecule has 0 aliphatic rings. The molecule has 0 atom stereocenters. The van der Waals surface area contributed by atoms with Crippen LogP contribution in [0.4, 0.5) is 0 Å². The van der Waals surface area contributed by atoms with Gasteiger partial charge in [-0.25, -0.2) is 13.1 Å². The highest BCUT2D eigenvalue weighted by Crippen LogP contribution is 2.14. The van der Waals surface area contributed by atoms with Gasteiger partial charge in [-0.2, -0.15) is 0 Å². The molecule has 0 radical (unpaired) electrons. The fraction of sp³-hybridized carbons (Fsp3) is 0.143. The molecular formula is C21H21N3O3S. The van der Waals surface area contributed by atoms with Crippen LogP contribution < -0.4 is 10.0 Å². The Bertz CT molecular complexity index is 1050. The van der Waals surface area contributed by atoms with Gasteiger partial charge >= 0.3 is 0 Å². The SMILES string of the molecule is Cc1ccccc1S(=O)(=O)NCc1ccc(CNC(=O)c2cccnc2)cc1. The number of sulfonamides is 1. The largest absolute Gasteiger partial charge is 0.348 e. The van der Waals surface area contributed by atoms with Crippen molar-refractivity contribution in [1.82, 2.24) is 15.0 Å². The van der Waals surface area contributed by atoms with Gasteiger partial charge in [0, 0.05) is 25.5 Å². The van der Waals surface area contributed by atoms with E-state index in [2.05, 4.69) is 15.0 Å². The van der Waals surface area contributed by atoms with Crippen LogP contribution in [0.1, 0.15) is 27.0 Å². The zero-order valence-corrected chi connectivity index (χ0v) is 16.2. The van der Waals surface area contributed by atoms with Crippen molar-refractivity contribution in [1.29, 1.82) is 0 Å². The third-order valence-corrected chi connectivity index (χ3v) is 5.81. The molecule has 0 saturated carbocycles. The third-order valence-electron chi connectivity index (χ3n) is 4.25. The molecule has 3 aromatic rings. The Morgan fingerprint density at radius 1 is 0.929 bits per heavy atom. The predicted octanol–water partition coefficient (Wildman–Crippen LogP) is 2.80. The first-order valence-electron chi connectivity index (χ1n) is 8.77. The lowest BCUT2D eigenvalue weighted by molar-refractivity contribution is 0.0950. The smallest absolute Gasteiger partial charge is 0.253 e. The van der Waals surface area contributed by atoms with Crippen molar-refractivity contribution in [3.05, 3.63) is 95.3 Å². The zero-order chi connectivity index (χ0) is 20.0. The first-order valence-corrected chi connectivity index (χ1v) is 10.3. The minimum atomic E-state index is -3.56. The van der Waals surface area contributed by atoms with Crippen LogP contribution in [0.15, 0.2) is 78.0 Å². The minimum absolute atomic E-state index is 0.192. The maximum Gasteiger partial charge on any atom is 0.253 e. The van der Waals surface area contributed by atoms with Gasteiger partial charge in [0.15, 0.2) is 0 Å². The number of amides is 1. The van der Waals surface area contributed by atoms with E-state index in [0.29, 0.717) is 17.7 Å². The number of carbonyl (C=O) groups is 1.